The smallest absolute Gasteiger partial charge is 0.342 e. The highest BCUT2D eigenvalue weighted by Crippen LogP contribution is 2.22. The molecule has 7 nitrogen and oxygen atoms in total. The summed E-state index contributed by atoms with van der Waals surface area (Å²) in [6.07, 6.45) is 0. The molecular formula is C18H12ClN3O4. The molecule has 1 N–H and O–H groups in total. The average molecular weight is 370 g/mol. The first-order valence-corrected chi connectivity index (χ1v) is 7.90. The maximum atomic E-state index is 12.5. The molecule has 1 heterocycles. The summed E-state index contributed by atoms with van der Waals surface area (Å²) in [7, 11) is 0. The first kappa shape index (κ1) is 17.5. The molecule has 0 aliphatic carbocycles. The summed E-state index contributed by atoms with van der Waals surface area (Å²) in [6.45, 7) is -0.571. The number of phenols is 1. The van der Waals surface area contributed by atoms with Gasteiger partial charge in [0.05, 0.1) is 17.0 Å². The van der Waals surface area contributed by atoms with Crippen LogP contribution in [-0.4, -0.2) is 20.6 Å². The third-order valence-corrected chi connectivity index (χ3v) is 3.92. The van der Waals surface area contributed by atoms with E-state index in [1.165, 1.54) is 18.2 Å². The molecule has 0 spiro atoms. The number of halogens is 1. The maximum absolute atomic E-state index is 12.5. The first-order valence-electron chi connectivity index (χ1n) is 7.52. The standard InChI is InChI=1S/C18H12ClN3O4/c19-11-5-6-15(23)13(9-11)18(25)26-10-16-21-14-4-2-1-3-12(14)17(24)22(16)8-7-20/h1-6,9,23H,8,10H2. The Morgan fingerprint density at radius 3 is 2.85 bits per heavy atom. The topological polar surface area (TPSA) is 105 Å². The van der Waals surface area contributed by atoms with Gasteiger partial charge in [-0.2, -0.15) is 5.26 Å². The monoisotopic (exact) mass is 369 g/mol. The average Bonchev–Trinajstić information content (AvgIpc) is 2.64. The molecule has 3 aromatic rings. The van der Waals surface area contributed by atoms with Crippen LogP contribution in [0.1, 0.15) is 16.2 Å². The molecule has 2 aromatic carbocycles. The van der Waals surface area contributed by atoms with Crippen LogP contribution in [0.15, 0.2) is 47.3 Å². The fraction of sp³-hybridized carbons (Fsp3) is 0.111. The minimum Gasteiger partial charge on any atom is -0.507 e. The van der Waals surface area contributed by atoms with Crippen LogP contribution in [0.4, 0.5) is 0 Å². The van der Waals surface area contributed by atoms with Gasteiger partial charge in [-0.25, -0.2) is 9.78 Å². The molecule has 0 fully saturated rings. The summed E-state index contributed by atoms with van der Waals surface area (Å²) in [5, 5.41) is 19.4. The highest BCUT2D eigenvalue weighted by molar-refractivity contribution is 6.31. The van der Waals surface area contributed by atoms with E-state index in [4.69, 9.17) is 21.6 Å². The van der Waals surface area contributed by atoms with E-state index in [9.17, 15) is 14.7 Å². The molecule has 8 heteroatoms. The fourth-order valence-electron chi connectivity index (χ4n) is 2.44. The number of esters is 1. The van der Waals surface area contributed by atoms with E-state index in [-0.39, 0.29) is 35.3 Å². The molecule has 0 saturated heterocycles. The van der Waals surface area contributed by atoms with Crippen molar-refractivity contribution in [1.82, 2.24) is 9.55 Å². The van der Waals surface area contributed by atoms with Gasteiger partial charge in [-0.1, -0.05) is 23.7 Å². The quantitative estimate of drug-likeness (QED) is 0.709. The van der Waals surface area contributed by atoms with Gasteiger partial charge >= 0.3 is 5.97 Å². The van der Waals surface area contributed by atoms with Gasteiger partial charge in [0.25, 0.3) is 5.56 Å². The number of aromatic nitrogens is 2. The Hall–Kier alpha value is -3.37. The number of ether oxygens (including phenoxy) is 1. The lowest BCUT2D eigenvalue weighted by molar-refractivity contribution is 0.0454. The van der Waals surface area contributed by atoms with Crippen LogP contribution >= 0.6 is 11.6 Å². The Bertz CT molecular complexity index is 1100. The van der Waals surface area contributed by atoms with E-state index in [1.54, 1.807) is 24.3 Å². The molecule has 0 radical (unpaired) electrons. The van der Waals surface area contributed by atoms with Crippen molar-refractivity contribution in [2.45, 2.75) is 13.2 Å². The number of carbonyl (C=O) groups excluding carboxylic acids is 1. The van der Waals surface area contributed by atoms with Gasteiger partial charge in [0.15, 0.2) is 5.82 Å². The van der Waals surface area contributed by atoms with Gasteiger partial charge in [0, 0.05) is 5.02 Å². The lowest BCUT2D eigenvalue weighted by atomic mass is 10.2. The van der Waals surface area contributed by atoms with E-state index in [0.717, 1.165) is 4.57 Å². The Morgan fingerprint density at radius 1 is 1.31 bits per heavy atom. The molecule has 26 heavy (non-hydrogen) atoms. The van der Waals surface area contributed by atoms with Crippen molar-refractivity contribution in [2.24, 2.45) is 0 Å². The molecule has 130 valence electrons. The number of carbonyl (C=O) groups is 1. The molecule has 0 atom stereocenters. The summed E-state index contributed by atoms with van der Waals surface area (Å²) >= 11 is 5.82. The fourth-order valence-corrected chi connectivity index (χ4v) is 2.61. The van der Waals surface area contributed by atoms with Crippen molar-refractivity contribution in [3.8, 4) is 11.8 Å². The van der Waals surface area contributed by atoms with Crippen molar-refractivity contribution in [2.75, 3.05) is 0 Å². The second kappa shape index (κ2) is 7.25. The second-order valence-electron chi connectivity index (χ2n) is 5.33. The summed E-state index contributed by atoms with van der Waals surface area (Å²) in [4.78, 5) is 29.0. The highest BCUT2D eigenvalue weighted by atomic mass is 35.5. The van der Waals surface area contributed by atoms with Gasteiger partial charge < -0.3 is 9.84 Å². The molecule has 0 amide bonds. The van der Waals surface area contributed by atoms with Gasteiger partial charge in [-0.05, 0) is 30.3 Å². The minimum atomic E-state index is -0.823. The van der Waals surface area contributed by atoms with Crippen molar-refractivity contribution < 1.29 is 14.6 Å². The lowest BCUT2D eigenvalue weighted by Crippen LogP contribution is -2.26. The van der Waals surface area contributed by atoms with Gasteiger partial charge in [0.2, 0.25) is 0 Å². The zero-order chi connectivity index (χ0) is 18.7. The highest BCUT2D eigenvalue weighted by Gasteiger charge is 2.16. The number of nitriles is 1. The van der Waals surface area contributed by atoms with Gasteiger partial charge in [0.1, 0.15) is 24.5 Å². The predicted octanol–water partition coefficient (Wildman–Crippen LogP) is 2.64. The second-order valence-corrected chi connectivity index (χ2v) is 5.77. The number of phenolic OH excluding ortho intramolecular Hbond substituents is 1. The number of benzene rings is 2. The molecule has 0 unspecified atom stereocenters. The summed E-state index contributed by atoms with van der Waals surface area (Å²) in [5.41, 5.74) is -0.0652. The van der Waals surface area contributed by atoms with E-state index >= 15 is 0 Å². The predicted molar refractivity (Wildman–Crippen MR) is 93.9 cm³/mol. The molecule has 3 rings (SSSR count). The Balaban J connectivity index is 1.94. The lowest BCUT2D eigenvalue weighted by Gasteiger charge is -2.11. The Morgan fingerprint density at radius 2 is 2.08 bits per heavy atom. The Kier molecular flexibility index (Phi) is 4.87. The van der Waals surface area contributed by atoms with Crippen LogP contribution in [0.2, 0.25) is 5.02 Å². The van der Waals surface area contributed by atoms with Gasteiger partial charge in [-0.15, -0.1) is 0 Å². The number of hydrogen-bond acceptors (Lipinski definition) is 6. The third kappa shape index (κ3) is 3.36. The Labute approximate surface area is 152 Å². The number of hydrogen-bond donors (Lipinski definition) is 1. The van der Waals surface area contributed by atoms with Crippen LogP contribution in [-0.2, 0) is 17.9 Å². The third-order valence-electron chi connectivity index (χ3n) is 3.68. The number of rotatable bonds is 4. The molecule has 0 aliphatic rings. The number of aromatic hydroxyl groups is 1. The van der Waals surface area contributed by atoms with E-state index < -0.39 is 11.5 Å². The first-order chi connectivity index (χ1) is 12.5. The van der Waals surface area contributed by atoms with E-state index in [1.807, 2.05) is 6.07 Å². The molecule has 0 saturated carbocycles. The van der Waals surface area contributed by atoms with E-state index in [2.05, 4.69) is 4.98 Å². The van der Waals surface area contributed by atoms with Crippen LogP contribution in [0.5, 0.6) is 5.75 Å². The van der Waals surface area contributed by atoms with Crippen molar-refractivity contribution in [3.63, 3.8) is 0 Å². The van der Waals surface area contributed by atoms with Crippen molar-refractivity contribution >= 4 is 28.5 Å². The van der Waals surface area contributed by atoms with Crippen molar-refractivity contribution in [1.29, 1.82) is 5.26 Å². The molecule has 0 aliphatic heterocycles. The minimum absolute atomic E-state index is 0.104. The van der Waals surface area contributed by atoms with Crippen LogP contribution in [0, 0.1) is 11.3 Å². The maximum Gasteiger partial charge on any atom is 0.342 e. The zero-order valence-electron chi connectivity index (χ0n) is 13.3. The zero-order valence-corrected chi connectivity index (χ0v) is 14.1. The number of nitrogens with zero attached hydrogens (tertiary/aromatic N) is 3. The van der Waals surface area contributed by atoms with Crippen molar-refractivity contribution in [3.05, 3.63) is 69.2 Å². The molecule has 0 bridgehead atoms. The summed E-state index contributed by atoms with van der Waals surface area (Å²) in [5.74, 6) is -0.971. The van der Waals surface area contributed by atoms with E-state index in [0.29, 0.717) is 10.9 Å². The molecule has 1 aromatic heterocycles. The number of fused-ring (bicyclic) bond motifs is 1. The normalized spacial score (nSPS) is 10.5. The summed E-state index contributed by atoms with van der Waals surface area (Å²) in [6, 6.07) is 12.6. The van der Waals surface area contributed by atoms with Gasteiger partial charge in [-0.3, -0.25) is 9.36 Å². The van der Waals surface area contributed by atoms with Crippen LogP contribution in [0.3, 0.4) is 0 Å². The number of para-hydroxylation sites is 1. The summed E-state index contributed by atoms with van der Waals surface area (Å²) < 4.78 is 6.30. The van der Waals surface area contributed by atoms with Crippen LogP contribution < -0.4 is 5.56 Å². The molecular weight excluding hydrogens is 358 g/mol. The largest absolute Gasteiger partial charge is 0.507 e. The van der Waals surface area contributed by atoms with Crippen LogP contribution in [0.25, 0.3) is 10.9 Å². The SMILES string of the molecule is N#CCn1c(COC(=O)c2cc(Cl)ccc2O)nc2ccccc2c1=O.